The van der Waals surface area contributed by atoms with Gasteiger partial charge < -0.3 is 10.1 Å². The van der Waals surface area contributed by atoms with Crippen molar-refractivity contribution < 1.29 is 28.3 Å². The number of ether oxygens (including phenoxy) is 1. The molecule has 150 valence electrons. The van der Waals surface area contributed by atoms with E-state index >= 15 is 0 Å². The van der Waals surface area contributed by atoms with Gasteiger partial charge in [-0.3, -0.25) is 19.2 Å². The van der Waals surface area contributed by atoms with Crippen molar-refractivity contribution in [3.8, 4) is 0 Å². The van der Waals surface area contributed by atoms with Crippen molar-refractivity contribution in [1.29, 1.82) is 0 Å². The SMILES string of the molecule is CC(C)C(=O)CC(=O)Nc1ccc(Br)c(F)c1.COC(=O)CC(=O)C(C)C. The number of esters is 1. The van der Waals surface area contributed by atoms with Gasteiger partial charge >= 0.3 is 5.97 Å². The van der Waals surface area contributed by atoms with E-state index in [1.165, 1.54) is 19.2 Å². The number of hydrogen-bond donors (Lipinski definition) is 1. The summed E-state index contributed by atoms with van der Waals surface area (Å²) < 4.78 is 17.8. The molecule has 1 amide bonds. The number of halogens is 2. The number of amides is 1. The molecule has 0 aliphatic rings. The molecule has 1 aromatic carbocycles. The summed E-state index contributed by atoms with van der Waals surface area (Å²) in [5.74, 6) is -1.82. The Morgan fingerprint density at radius 2 is 1.56 bits per heavy atom. The summed E-state index contributed by atoms with van der Waals surface area (Å²) in [5, 5.41) is 2.48. The van der Waals surface area contributed by atoms with Crippen molar-refractivity contribution in [2.75, 3.05) is 12.4 Å². The first-order valence-electron chi connectivity index (χ1n) is 8.35. The topological polar surface area (TPSA) is 89.5 Å². The smallest absolute Gasteiger partial charge is 0.313 e. The van der Waals surface area contributed by atoms with Crippen LogP contribution in [0.2, 0.25) is 0 Å². The van der Waals surface area contributed by atoms with Crippen LogP contribution in [0.25, 0.3) is 0 Å². The van der Waals surface area contributed by atoms with Crippen LogP contribution in [0.3, 0.4) is 0 Å². The van der Waals surface area contributed by atoms with Gasteiger partial charge in [0, 0.05) is 17.5 Å². The van der Waals surface area contributed by atoms with E-state index in [9.17, 15) is 23.6 Å². The van der Waals surface area contributed by atoms with E-state index in [-0.39, 0.29) is 36.2 Å². The van der Waals surface area contributed by atoms with Crippen molar-refractivity contribution >= 4 is 45.1 Å². The molecule has 0 fully saturated rings. The molecule has 0 saturated carbocycles. The van der Waals surface area contributed by atoms with Crippen LogP contribution in [0.4, 0.5) is 10.1 Å². The summed E-state index contributed by atoms with van der Waals surface area (Å²) in [6.07, 6.45) is -0.288. The lowest BCUT2D eigenvalue weighted by atomic mass is 10.1. The van der Waals surface area contributed by atoms with Crippen molar-refractivity contribution in [1.82, 2.24) is 0 Å². The van der Waals surface area contributed by atoms with E-state index in [0.717, 1.165) is 0 Å². The summed E-state index contributed by atoms with van der Waals surface area (Å²) in [4.78, 5) is 44.1. The zero-order chi connectivity index (χ0) is 21.1. The second-order valence-corrected chi connectivity index (χ2v) is 7.20. The van der Waals surface area contributed by atoms with Gasteiger partial charge in [0.15, 0.2) is 0 Å². The molecule has 0 aromatic heterocycles. The number of carbonyl (C=O) groups is 4. The summed E-state index contributed by atoms with van der Waals surface area (Å²) in [5.41, 5.74) is 0.340. The highest BCUT2D eigenvalue weighted by atomic mass is 79.9. The number of anilines is 1. The lowest BCUT2D eigenvalue weighted by molar-refractivity contribution is -0.144. The fourth-order valence-corrected chi connectivity index (χ4v) is 1.81. The normalized spacial score (nSPS) is 10.1. The van der Waals surface area contributed by atoms with E-state index in [0.29, 0.717) is 10.2 Å². The average Bonchev–Trinajstić information content (AvgIpc) is 2.58. The maximum atomic E-state index is 13.2. The van der Waals surface area contributed by atoms with Crippen LogP contribution < -0.4 is 5.32 Å². The number of Topliss-reactive ketones (excluding diaryl/α,β-unsaturated/α-hetero) is 2. The zero-order valence-electron chi connectivity index (χ0n) is 16.1. The summed E-state index contributed by atoms with van der Waals surface area (Å²) in [6, 6.07) is 4.25. The van der Waals surface area contributed by atoms with Crippen molar-refractivity contribution in [3.05, 3.63) is 28.5 Å². The third-order valence-corrected chi connectivity index (χ3v) is 4.02. The molecule has 0 saturated heterocycles. The van der Waals surface area contributed by atoms with Crippen molar-refractivity contribution in [2.45, 2.75) is 40.5 Å². The van der Waals surface area contributed by atoms with Gasteiger partial charge in [-0.25, -0.2) is 4.39 Å². The molecule has 0 atom stereocenters. The second kappa shape index (κ2) is 12.3. The molecule has 6 nitrogen and oxygen atoms in total. The van der Waals surface area contributed by atoms with Gasteiger partial charge in [0.05, 0.1) is 18.0 Å². The highest BCUT2D eigenvalue weighted by Gasteiger charge is 2.13. The maximum Gasteiger partial charge on any atom is 0.313 e. The minimum Gasteiger partial charge on any atom is -0.469 e. The number of nitrogens with one attached hydrogen (secondary N) is 1. The molecule has 0 unspecified atom stereocenters. The Hall–Kier alpha value is -2.09. The van der Waals surface area contributed by atoms with Crippen LogP contribution in [0.15, 0.2) is 22.7 Å². The number of rotatable bonds is 7. The predicted octanol–water partition coefficient (Wildman–Crippen LogP) is 3.92. The molecule has 1 N–H and O–H groups in total. The van der Waals surface area contributed by atoms with Crippen molar-refractivity contribution in [3.63, 3.8) is 0 Å². The van der Waals surface area contributed by atoms with Crippen LogP contribution >= 0.6 is 15.9 Å². The lowest BCUT2D eigenvalue weighted by Gasteiger charge is -2.06. The van der Waals surface area contributed by atoms with Gasteiger partial charge in [-0.05, 0) is 34.1 Å². The van der Waals surface area contributed by atoms with Gasteiger partial charge in [-0.1, -0.05) is 27.7 Å². The lowest BCUT2D eigenvalue weighted by Crippen LogP contribution is -2.19. The van der Waals surface area contributed by atoms with Crippen LogP contribution in [0, 0.1) is 17.7 Å². The molecule has 27 heavy (non-hydrogen) atoms. The molecule has 1 rings (SSSR count). The molecule has 0 aliphatic heterocycles. The Morgan fingerprint density at radius 1 is 1.04 bits per heavy atom. The summed E-state index contributed by atoms with van der Waals surface area (Å²) >= 11 is 3.01. The fraction of sp³-hybridized carbons (Fsp3) is 0.474. The molecular formula is C19H25BrFNO5. The fourth-order valence-electron chi connectivity index (χ4n) is 1.56. The van der Waals surface area contributed by atoms with Gasteiger partial charge in [0.2, 0.25) is 5.91 Å². The average molecular weight is 446 g/mol. The van der Waals surface area contributed by atoms with Crippen LogP contribution in [-0.4, -0.2) is 30.6 Å². The number of carbonyl (C=O) groups excluding carboxylic acids is 4. The van der Waals surface area contributed by atoms with E-state index in [1.807, 2.05) is 0 Å². The van der Waals surface area contributed by atoms with Crippen LogP contribution in [-0.2, 0) is 23.9 Å². The Labute approximate surface area is 167 Å². The minimum absolute atomic E-state index is 0.0770. The second-order valence-electron chi connectivity index (χ2n) is 6.35. The Balaban J connectivity index is 0.000000580. The quantitative estimate of drug-likeness (QED) is 0.507. The van der Waals surface area contributed by atoms with Gasteiger partial charge in [-0.2, -0.15) is 0 Å². The van der Waals surface area contributed by atoms with Gasteiger partial charge in [-0.15, -0.1) is 0 Å². The first-order valence-corrected chi connectivity index (χ1v) is 9.14. The molecule has 1 aromatic rings. The van der Waals surface area contributed by atoms with E-state index in [2.05, 4.69) is 26.0 Å². The number of methoxy groups -OCH3 is 1. The van der Waals surface area contributed by atoms with E-state index in [4.69, 9.17) is 0 Å². The molecule has 0 heterocycles. The molecule has 0 bridgehead atoms. The zero-order valence-corrected chi connectivity index (χ0v) is 17.7. The molecule has 0 radical (unpaired) electrons. The highest BCUT2D eigenvalue weighted by Crippen LogP contribution is 2.19. The van der Waals surface area contributed by atoms with E-state index in [1.54, 1.807) is 33.8 Å². The van der Waals surface area contributed by atoms with Crippen molar-refractivity contribution in [2.24, 2.45) is 11.8 Å². The highest BCUT2D eigenvalue weighted by molar-refractivity contribution is 9.10. The van der Waals surface area contributed by atoms with Gasteiger partial charge in [0.1, 0.15) is 23.8 Å². The first kappa shape index (κ1) is 24.9. The maximum absolute atomic E-state index is 13.2. The predicted molar refractivity (Wildman–Crippen MR) is 104 cm³/mol. The molecular weight excluding hydrogens is 421 g/mol. The first-order chi connectivity index (χ1) is 12.5. The molecule has 8 heteroatoms. The third kappa shape index (κ3) is 10.6. The molecule has 0 aliphatic carbocycles. The molecule has 0 spiro atoms. The van der Waals surface area contributed by atoms with Crippen LogP contribution in [0.1, 0.15) is 40.5 Å². The Kier molecular flexibility index (Phi) is 11.4. The summed E-state index contributed by atoms with van der Waals surface area (Å²) in [7, 11) is 1.27. The number of ketones is 2. The largest absolute Gasteiger partial charge is 0.469 e. The standard InChI is InChI=1S/C12H13BrFNO2.C7H12O3/c1-7(2)11(16)6-12(17)15-8-3-4-9(13)10(14)5-8;1-5(2)6(8)4-7(9)10-3/h3-5,7H,6H2,1-2H3,(H,15,17);5H,4H2,1-3H3. The Morgan fingerprint density at radius 3 is 2.00 bits per heavy atom. The third-order valence-electron chi connectivity index (χ3n) is 3.37. The summed E-state index contributed by atoms with van der Waals surface area (Å²) in [6.45, 7) is 6.97. The van der Waals surface area contributed by atoms with E-state index < -0.39 is 17.7 Å². The Bertz CT molecular complexity index is 689. The van der Waals surface area contributed by atoms with Gasteiger partial charge in [0.25, 0.3) is 0 Å². The number of hydrogen-bond acceptors (Lipinski definition) is 5. The monoisotopic (exact) mass is 445 g/mol. The van der Waals surface area contributed by atoms with Crippen LogP contribution in [0.5, 0.6) is 0 Å². The number of benzene rings is 1. The minimum atomic E-state index is -0.460.